The van der Waals surface area contributed by atoms with Gasteiger partial charge in [-0.2, -0.15) is 0 Å². The summed E-state index contributed by atoms with van der Waals surface area (Å²) in [6.07, 6.45) is 1.84. The minimum atomic E-state index is -1.78. The van der Waals surface area contributed by atoms with E-state index in [-0.39, 0.29) is 0 Å². The van der Waals surface area contributed by atoms with E-state index in [9.17, 15) is 0 Å². The number of benzene rings is 5. The van der Waals surface area contributed by atoms with Gasteiger partial charge in [0.15, 0.2) is 0 Å². The maximum Gasteiger partial charge on any atom is 0.114 e. The summed E-state index contributed by atoms with van der Waals surface area (Å²) in [7, 11) is -1.78. The lowest BCUT2D eigenvalue weighted by Crippen LogP contribution is -2.50. The molecule has 2 heterocycles. The van der Waals surface area contributed by atoms with Gasteiger partial charge in [-0.05, 0) is 79.1 Å². The quantitative estimate of drug-likeness (QED) is 0.214. The molecule has 186 valence electrons. The molecule has 1 aromatic heterocycles. The molecule has 6 aromatic rings. The molecule has 0 aliphatic carbocycles. The van der Waals surface area contributed by atoms with Crippen molar-refractivity contribution in [2.24, 2.45) is 0 Å². The summed E-state index contributed by atoms with van der Waals surface area (Å²) in [5, 5.41) is 3.11. The molecule has 5 aromatic carbocycles. The van der Waals surface area contributed by atoms with Gasteiger partial charge in [-0.25, -0.2) is 0 Å². The Kier molecular flexibility index (Phi) is 5.64. The third kappa shape index (κ3) is 4.05. The van der Waals surface area contributed by atoms with E-state index < -0.39 is 8.07 Å². The fourth-order valence-electron chi connectivity index (χ4n) is 6.20. The number of fused-ring (bicyclic) bond motifs is 3. The van der Waals surface area contributed by atoms with Crippen LogP contribution in [0.3, 0.4) is 0 Å². The first-order chi connectivity index (χ1) is 19.1. The maximum atomic E-state index is 4.52. The van der Waals surface area contributed by atoms with E-state index in [0.717, 1.165) is 11.3 Å². The third-order valence-corrected chi connectivity index (χ3v) is 11.7. The lowest BCUT2D eigenvalue weighted by molar-refractivity contribution is 1.33. The summed E-state index contributed by atoms with van der Waals surface area (Å²) in [6, 6.07) is 48.5. The Bertz CT molecular complexity index is 1820. The topological polar surface area (TPSA) is 12.9 Å². The van der Waals surface area contributed by atoms with E-state index in [2.05, 4.69) is 139 Å². The largest absolute Gasteiger partial charge is 0.256 e. The average molecular weight is 516 g/mol. The number of aromatic nitrogens is 1. The van der Waals surface area contributed by atoms with Crippen molar-refractivity contribution in [2.45, 2.75) is 13.1 Å². The fourth-order valence-corrected chi connectivity index (χ4v) is 9.67. The minimum Gasteiger partial charge on any atom is -0.256 e. The van der Waals surface area contributed by atoms with Gasteiger partial charge in [0.2, 0.25) is 0 Å². The highest BCUT2D eigenvalue weighted by Gasteiger charge is 2.39. The van der Waals surface area contributed by atoms with Crippen LogP contribution in [0.4, 0.5) is 0 Å². The van der Waals surface area contributed by atoms with Crippen LogP contribution in [0.2, 0.25) is 13.1 Å². The second kappa shape index (κ2) is 9.34. The Morgan fingerprint density at radius 2 is 1.00 bits per heavy atom. The molecule has 2 heteroatoms. The van der Waals surface area contributed by atoms with Crippen LogP contribution in [0.15, 0.2) is 140 Å². The zero-order valence-electron chi connectivity index (χ0n) is 22.2. The highest BCUT2D eigenvalue weighted by molar-refractivity contribution is 7.04. The number of nitrogens with zero attached hydrogens (tertiary/aromatic N) is 1. The van der Waals surface area contributed by atoms with E-state index in [1.54, 1.807) is 10.4 Å². The predicted molar refractivity (Wildman–Crippen MR) is 168 cm³/mol. The molecule has 0 radical (unpaired) electrons. The Morgan fingerprint density at radius 1 is 0.436 bits per heavy atom. The molecule has 0 fully saturated rings. The van der Waals surface area contributed by atoms with E-state index in [1.165, 1.54) is 44.5 Å². The molecule has 0 spiro atoms. The molecule has 7 rings (SSSR count). The van der Waals surface area contributed by atoms with Crippen molar-refractivity contribution >= 4 is 18.4 Å². The third-order valence-electron chi connectivity index (χ3n) is 8.13. The molecule has 0 unspecified atom stereocenters. The first kappa shape index (κ1) is 23.6. The van der Waals surface area contributed by atoms with Crippen LogP contribution in [-0.2, 0) is 0 Å². The minimum absolute atomic E-state index is 0.995. The lowest BCUT2D eigenvalue weighted by Gasteiger charge is -2.22. The zero-order valence-corrected chi connectivity index (χ0v) is 23.2. The van der Waals surface area contributed by atoms with E-state index >= 15 is 0 Å². The van der Waals surface area contributed by atoms with Gasteiger partial charge < -0.3 is 0 Å². The van der Waals surface area contributed by atoms with Gasteiger partial charge in [0.05, 0.1) is 5.69 Å². The fraction of sp³-hybridized carbons (Fsp3) is 0.0541. The van der Waals surface area contributed by atoms with Gasteiger partial charge >= 0.3 is 0 Å². The number of rotatable bonds is 4. The van der Waals surface area contributed by atoms with Gasteiger partial charge in [0.25, 0.3) is 0 Å². The van der Waals surface area contributed by atoms with Crippen molar-refractivity contribution < 1.29 is 0 Å². The van der Waals surface area contributed by atoms with Gasteiger partial charge in [-0.15, -0.1) is 0 Å². The molecule has 0 N–H and O–H groups in total. The molecule has 0 bridgehead atoms. The standard InChI is InChI=1S/C37H29NSi/c1-39(2)36-18-4-3-14-33(36)34-16-9-15-32(37(34)39)30-12-7-10-28(24-30)26-19-21-27(22-20-26)29-11-8-13-31(25-29)35-17-5-6-23-38-35/h3-25H,1-2H3. The summed E-state index contributed by atoms with van der Waals surface area (Å²) < 4.78 is 0. The molecular weight excluding hydrogens is 487 g/mol. The molecule has 1 aliphatic rings. The van der Waals surface area contributed by atoms with Crippen molar-refractivity contribution in [3.63, 3.8) is 0 Å². The monoisotopic (exact) mass is 515 g/mol. The van der Waals surface area contributed by atoms with Crippen molar-refractivity contribution in [1.29, 1.82) is 0 Å². The summed E-state index contributed by atoms with van der Waals surface area (Å²) in [4.78, 5) is 4.52. The molecular formula is C37H29NSi. The zero-order chi connectivity index (χ0) is 26.4. The SMILES string of the molecule is C[Si]1(C)c2ccccc2-c2cccc(-c3cccc(-c4ccc(-c5cccc(-c6ccccn6)c5)cc4)c3)c21. The molecule has 1 aliphatic heterocycles. The van der Waals surface area contributed by atoms with Gasteiger partial charge in [-0.1, -0.05) is 122 Å². The summed E-state index contributed by atoms with van der Waals surface area (Å²) >= 11 is 0. The van der Waals surface area contributed by atoms with Crippen LogP contribution in [0.1, 0.15) is 0 Å². The summed E-state index contributed by atoms with van der Waals surface area (Å²) in [5.74, 6) is 0. The summed E-state index contributed by atoms with van der Waals surface area (Å²) in [6.45, 7) is 4.99. The van der Waals surface area contributed by atoms with E-state index in [4.69, 9.17) is 0 Å². The Morgan fingerprint density at radius 3 is 1.72 bits per heavy atom. The van der Waals surface area contributed by atoms with Crippen molar-refractivity contribution in [3.05, 3.63) is 140 Å². The Labute approximate surface area is 231 Å². The highest BCUT2D eigenvalue weighted by atomic mass is 28.3. The van der Waals surface area contributed by atoms with Crippen LogP contribution < -0.4 is 10.4 Å². The average Bonchev–Trinajstić information content (AvgIpc) is 3.24. The molecule has 0 saturated heterocycles. The Balaban J connectivity index is 1.23. The molecule has 0 atom stereocenters. The predicted octanol–water partition coefficient (Wildman–Crippen LogP) is 8.55. The van der Waals surface area contributed by atoms with E-state index in [1.807, 2.05) is 18.3 Å². The van der Waals surface area contributed by atoms with Crippen LogP contribution in [0.5, 0.6) is 0 Å². The molecule has 1 nitrogen and oxygen atoms in total. The summed E-state index contributed by atoms with van der Waals surface area (Å²) in [5.41, 5.74) is 12.5. The van der Waals surface area contributed by atoms with Crippen molar-refractivity contribution in [2.75, 3.05) is 0 Å². The number of pyridine rings is 1. The van der Waals surface area contributed by atoms with Crippen LogP contribution in [-0.4, -0.2) is 13.1 Å². The molecule has 39 heavy (non-hydrogen) atoms. The van der Waals surface area contributed by atoms with Crippen LogP contribution >= 0.6 is 0 Å². The number of hydrogen-bond acceptors (Lipinski definition) is 1. The maximum absolute atomic E-state index is 4.52. The Hall–Kier alpha value is -4.53. The van der Waals surface area contributed by atoms with Crippen molar-refractivity contribution in [3.8, 4) is 55.8 Å². The van der Waals surface area contributed by atoms with Gasteiger partial charge in [-0.3, -0.25) is 4.98 Å². The van der Waals surface area contributed by atoms with Crippen LogP contribution in [0.25, 0.3) is 55.8 Å². The van der Waals surface area contributed by atoms with Crippen molar-refractivity contribution in [1.82, 2.24) is 4.98 Å². The second-order valence-corrected chi connectivity index (χ2v) is 15.1. The van der Waals surface area contributed by atoms with E-state index in [0.29, 0.717) is 0 Å². The highest BCUT2D eigenvalue weighted by Crippen LogP contribution is 2.35. The molecule has 0 amide bonds. The normalized spacial score (nSPS) is 13.1. The first-order valence-corrected chi connectivity index (χ1v) is 16.6. The second-order valence-electron chi connectivity index (χ2n) is 10.9. The molecule has 0 saturated carbocycles. The smallest absolute Gasteiger partial charge is 0.114 e. The van der Waals surface area contributed by atoms with Crippen LogP contribution in [0, 0.1) is 0 Å². The van der Waals surface area contributed by atoms with Gasteiger partial charge in [0, 0.05) is 11.8 Å². The number of hydrogen-bond donors (Lipinski definition) is 0. The lowest BCUT2D eigenvalue weighted by atomic mass is 9.95. The first-order valence-electron chi connectivity index (χ1n) is 13.6. The van der Waals surface area contributed by atoms with Gasteiger partial charge in [0.1, 0.15) is 8.07 Å².